The zero-order chi connectivity index (χ0) is 12.3. The fraction of sp³-hybridized carbons (Fsp3) is 0.750. The largest absolute Gasteiger partial charge is 0.384 e. The minimum atomic E-state index is -0.670. The molecule has 5 heteroatoms. The molecule has 4 nitrogen and oxygen atoms in total. The van der Waals surface area contributed by atoms with Gasteiger partial charge in [-0.3, -0.25) is 4.68 Å². The molecule has 96 valence electrons. The molecule has 1 aliphatic heterocycles. The van der Waals surface area contributed by atoms with Crippen molar-refractivity contribution in [3.8, 4) is 0 Å². The first-order valence-electron chi connectivity index (χ1n) is 6.25. The smallest absolute Gasteiger partial charge is 0.123 e. The topological polar surface area (TPSA) is 47.3 Å². The lowest BCUT2D eigenvalue weighted by molar-refractivity contribution is -0.0662. The third-order valence-corrected chi connectivity index (χ3v) is 3.41. The number of halogens is 1. The summed E-state index contributed by atoms with van der Waals surface area (Å²) in [6.07, 6.45) is 4.80. The molecule has 1 saturated heterocycles. The normalized spacial score (nSPS) is 22.6. The van der Waals surface area contributed by atoms with Gasteiger partial charge in [0.1, 0.15) is 6.10 Å². The van der Waals surface area contributed by atoms with E-state index in [2.05, 4.69) is 12.0 Å². The predicted octanol–water partition coefficient (Wildman–Crippen LogP) is 2.55. The lowest BCUT2D eigenvalue weighted by Crippen LogP contribution is -2.28. The van der Waals surface area contributed by atoms with E-state index in [1.54, 1.807) is 10.9 Å². The summed E-state index contributed by atoms with van der Waals surface area (Å²) in [5, 5.41) is 15.1. The van der Waals surface area contributed by atoms with Crippen molar-refractivity contribution in [1.29, 1.82) is 0 Å². The Hall–Kier alpha value is -0.580. The lowest BCUT2D eigenvalue weighted by atomic mass is 10.0. The summed E-state index contributed by atoms with van der Waals surface area (Å²) >= 11 is 6.10. The van der Waals surface area contributed by atoms with Gasteiger partial charge in [-0.15, -0.1) is 0 Å². The number of hydrogen-bond acceptors (Lipinski definition) is 3. The van der Waals surface area contributed by atoms with Crippen molar-refractivity contribution in [1.82, 2.24) is 9.78 Å². The van der Waals surface area contributed by atoms with Crippen LogP contribution in [0.4, 0.5) is 0 Å². The van der Waals surface area contributed by atoms with Crippen LogP contribution in [-0.4, -0.2) is 27.6 Å². The molecular weight excluding hydrogens is 240 g/mol. The summed E-state index contributed by atoms with van der Waals surface area (Å²) in [4.78, 5) is 0. The number of aromatic nitrogens is 2. The fourth-order valence-electron chi connectivity index (χ4n) is 2.25. The van der Waals surface area contributed by atoms with E-state index in [0.29, 0.717) is 10.7 Å². The minimum absolute atomic E-state index is 0.145. The number of aryl methyl sites for hydroxylation is 1. The van der Waals surface area contributed by atoms with Crippen molar-refractivity contribution in [2.45, 2.75) is 51.4 Å². The van der Waals surface area contributed by atoms with E-state index in [1.165, 1.54) is 0 Å². The molecule has 0 amide bonds. The maximum Gasteiger partial charge on any atom is 0.123 e. The molecule has 1 N–H and O–H groups in total. The van der Waals surface area contributed by atoms with Crippen LogP contribution in [0, 0.1) is 0 Å². The number of aliphatic hydroxyl groups is 1. The van der Waals surface area contributed by atoms with Gasteiger partial charge in [0.25, 0.3) is 0 Å². The van der Waals surface area contributed by atoms with Crippen LogP contribution in [0.1, 0.15) is 44.4 Å². The Balaban J connectivity index is 2.16. The summed E-state index contributed by atoms with van der Waals surface area (Å²) in [5.41, 5.74) is 0.695. The Morgan fingerprint density at radius 2 is 2.47 bits per heavy atom. The van der Waals surface area contributed by atoms with Crippen LogP contribution in [0.25, 0.3) is 0 Å². The van der Waals surface area contributed by atoms with Crippen LogP contribution in [-0.2, 0) is 11.3 Å². The molecule has 0 bridgehead atoms. The summed E-state index contributed by atoms with van der Waals surface area (Å²) in [6.45, 7) is 3.57. The average Bonchev–Trinajstić information content (AvgIpc) is 2.71. The molecular formula is C12H19ClN2O2. The molecule has 0 radical (unpaired) electrons. The first-order valence-corrected chi connectivity index (χ1v) is 6.62. The van der Waals surface area contributed by atoms with Crippen molar-refractivity contribution >= 4 is 11.6 Å². The molecule has 17 heavy (non-hydrogen) atoms. The highest BCUT2D eigenvalue weighted by atomic mass is 35.5. The van der Waals surface area contributed by atoms with Gasteiger partial charge in [0.2, 0.25) is 0 Å². The van der Waals surface area contributed by atoms with Crippen LogP contribution in [0.5, 0.6) is 0 Å². The lowest BCUT2D eigenvalue weighted by Gasteiger charge is -2.27. The van der Waals surface area contributed by atoms with Crippen LogP contribution in [0.3, 0.4) is 0 Å². The van der Waals surface area contributed by atoms with E-state index in [9.17, 15) is 5.11 Å². The van der Waals surface area contributed by atoms with E-state index in [4.69, 9.17) is 16.3 Å². The predicted molar refractivity (Wildman–Crippen MR) is 66.1 cm³/mol. The Labute approximate surface area is 107 Å². The number of ether oxygens (including phenoxy) is 1. The minimum Gasteiger partial charge on any atom is -0.384 e. The molecule has 2 rings (SSSR count). The van der Waals surface area contributed by atoms with E-state index in [1.807, 2.05) is 0 Å². The molecule has 2 unspecified atom stereocenters. The molecule has 0 saturated carbocycles. The van der Waals surface area contributed by atoms with Gasteiger partial charge in [0.05, 0.1) is 23.0 Å². The average molecular weight is 259 g/mol. The van der Waals surface area contributed by atoms with Crippen molar-refractivity contribution in [3.63, 3.8) is 0 Å². The third-order valence-electron chi connectivity index (χ3n) is 3.12. The Morgan fingerprint density at radius 1 is 1.65 bits per heavy atom. The molecule has 1 aromatic heterocycles. The molecule has 1 fully saturated rings. The van der Waals surface area contributed by atoms with Crippen molar-refractivity contribution in [2.24, 2.45) is 0 Å². The molecule has 2 heterocycles. The molecule has 0 aliphatic carbocycles. The zero-order valence-corrected chi connectivity index (χ0v) is 10.9. The summed E-state index contributed by atoms with van der Waals surface area (Å²) in [6, 6.07) is 0. The molecule has 0 aromatic carbocycles. The summed E-state index contributed by atoms with van der Waals surface area (Å²) < 4.78 is 7.38. The monoisotopic (exact) mass is 258 g/mol. The second-order valence-corrected chi connectivity index (χ2v) is 4.86. The molecule has 2 atom stereocenters. The highest BCUT2D eigenvalue weighted by Crippen LogP contribution is 2.30. The molecule has 1 aromatic rings. The first-order chi connectivity index (χ1) is 8.24. The van der Waals surface area contributed by atoms with Gasteiger partial charge >= 0.3 is 0 Å². The van der Waals surface area contributed by atoms with Crippen LogP contribution >= 0.6 is 11.6 Å². The van der Waals surface area contributed by atoms with Crippen molar-refractivity contribution in [3.05, 3.63) is 16.9 Å². The van der Waals surface area contributed by atoms with Crippen molar-refractivity contribution < 1.29 is 9.84 Å². The van der Waals surface area contributed by atoms with Gasteiger partial charge in [-0.05, 0) is 25.7 Å². The van der Waals surface area contributed by atoms with E-state index < -0.39 is 6.10 Å². The number of aliphatic hydroxyl groups excluding tert-OH is 1. The Bertz CT molecular complexity index is 361. The Kier molecular flexibility index (Phi) is 4.42. The third kappa shape index (κ3) is 2.81. The maximum atomic E-state index is 10.4. The van der Waals surface area contributed by atoms with Gasteiger partial charge in [-0.25, -0.2) is 0 Å². The second-order valence-electron chi connectivity index (χ2n) is 4.45. The van der Waals surface area contributed by atoms with Gasteiger partial charge < -0.3 is 9.84 Å². The number of rotatable bonds is 4. The number of nitrogens with zero attached hydrogens (tertiary/aromatic N) is 2. The standard InChI is InChI=1S/C12H19ClN2O2/c1-2-6-15-11(9(13)8-14-15)12(16)10-5-3-4-7-17-10/h8,10,12,16H,2-7H2,1H3. The molecule has 0 spiro atoms. The van der Waals surface area contributed by atoms with E-state index in [0.717, 1.165) is 38.8 Å². The van der Waals surface area contributed by atoms with Gasteiger partial charge in [0, 0.05) is 13.2 Å². The van der Waals surface area contributed by atoms with Gasteiger partial charge in [0.15, 0.2) is 0 Å². The first kappa shape index (κ1) is 12.9. The maximum absolute atomic E-state index is 10.4. The Morgan fingerprint density at radius 3 is 3.12 bits per heavy atom. The van der Waals surface area contributed by atoms with Crippen molar-refractivity contribution in [2.75, 3.05) is 6.61 Å². The van der Waals surface area contributed by atoms with Crippen LogP contribution < -0.4 is 0 Å². The van der Waals surface area contributed by atoms with Crippen LogP contribution in [0.2, 0.25) is 5.02 Å². The quantitative estimate of drug-likeness (QED) is 0.903. The second kappa shape index (κ2) is 5.85. The van der Waals surface area contributed by atoms with Gasteiger partial charge in [-0.1, -0.05) is 18.5 Å². The number of hydrogen-bond donors (Lipinski definition) is 1. The SMILES string of the molecule is CCCn1ncc(Cl)c1C(O)C1CCCCO1. The van der Waals surface area contributed by atoms with E-state index in [-0.39, 0.29) is 6.10 Å². The molecule has 1 aliphatic rings. The summed E-state index contributed by atoms with van der Waals surface area (Å²) in [7, 11) is 0. The van der Waals surface area contributed by atoms with Crippen LogP contribution in [0.15, 0.2) is 6.20 Å². The highest BCUT2D eigenvalue weighted by Gasteiger charge is 2.28. The zero-order valence-electron chi connectivity index (χ0n) is 10.1. The van der Waals surface area contributed by atoms with Gasteiger partial charge in [-0.2, -0.15) is 5.10 Å². The van der Waals surface area contributed by atoms with E-state index >= 15 is 0 Å². The summed E-state index contributed by atoms with van der Waals surface area (Å²) in [5.74, 6) is 0. The highest BCUT2D eigenvalue weighted by molar-refractivity contribution is 6.31. The fourth-order valence-corrected chi connectivity index (χ4v) is 2.50.